The fourth-order valence-electron chi connectivity index (χ4n) is 2.27. The molecule has 0 heterocycles. The smallest absolute Gasteiger partial charge is 0.210 e. The van der Waals surface area contributed by atoms with Crippen LogP contribution in [-0.4, -0.2) is 53.5 Å². The molecule has 9 heteroatoms. The third kappa shape index (κ3) is 8.91. The Morgan fingerprint density at radius 1 is 1.23 bits per heavy atom. The summed E-state index contributed by atoms with van der Waals surface area (Å²) in [5.41, 5.74) is 1.15. The fourth-order valence-corrected chi connectivity index (χ4v) is 2.66. The lowest BCUT2D eigenvalue weighted by Crippen LogP contribution is -2.40. The van der Waals surface area contributed by atoms with Crippen LogP contribution in [0.25, 0.3) is 0 Å². The highest BCUT2D eigenvalue weighted by Crippen LogP contribution is 2.28. The summed E-state index contributed by atoms with van der Waals surface area (Å²) in [6.07, 6.45) is 1.70. The van der Waals surface area contributed by atoms with E-state index >= 15 is 0 Å². The predicted octanol–water partition coefficient (Wildman–Crippen LogP) is 0.870. The van der Waals surface area contributed by atoms with Gasteiger partial charge in [0.2, 0.25) is 10.0 Å². The molecule has 0 amide bonds. The number of nitrogens with zero attached hydrogens (tertiary/aromatic N) is 1. The van der Waals surface area contributed by atoms with Crippen molar-refractivity contribution in [1.29, 1.82) is 0 Å². The first-order chi connectivity index (χ1) is 12.4. The number of sulfonamides is 1. The topological polar surface area (TPSA) is 115 Å². The first-order valence-corrected chi connectivity index (χ1v) is 10.4. The second kappa shape index (κ2) is 11.6. The second-order valence-electron chi connectivity index (χ2n) is 5.58. The summed E-state index contributed by atoms with van der Waals surface area (Å²) in [4.78, 5) is 4.44. The molecule has 0 saturated heterocycles. The van der Waals surface area contributed by atoms with Gasteiger partial charge in [-0.2, -0.15) is 0 Å². The molecule has 0 atom stereocenters. The molecule has 4 N–H and O–H groups in total. The molecule has 0 spiro atoms. The van der Waals surface area contributed by atoms with Crippen molar-refractivity contribution in [2.45, 2.75) is 26.7 Å². The zero-order valence-electron chi connectivity index (χ0n) is 15.7. The number of aryl methyl sites for hydroxylation is 1. The van der Waals surface area contributed by atoms with Gasteiger partial charge in [0.05, 0.1) is 19.5 Å². The minimum atomic E-state index is -3.48. The summed E-state index contributed by atoms with van der Waals surface area (Å²) >= 11 is 0. The van der Waals surface area contributed by atoms with E-state index in [2.05, 4.69) is 15.6 Å². The number of hydrogen-bond acceptors (Lipinski definition) is 5. The van der Waals surface area contributed by atoms with E-state index in [1.165, 1.54) is 0 Å². The first kappa shape index (κ1) is 22.0. The van der Waals surface area contributed by atoms with Crippen LogP contribution >= 0.6 is 0 Å². The molecule has 0 fully saturated rings. The molecular formula is C17H30N4O4S. The number of primary sulfonamides is 1. The zero-order chi connectivity index (χ0) is 19.4. The van der Waals surface area contributed by atoms with Gasteiger partial charge in [-0.25, -0.2) is 13.6 Å². The highest BCUT2D eigenvalue weighted by Gasteiger charge is 2.06. The van der Waals surface area contributed by atoms with Crippen molar-refractivity contribution in [1.82, 2.24) is 10.6 Å². The van der Waals surface area contributed by atoms with Gasteiger partial charge in [0.25, 0.3) is 0 Å². The summed E-state index contributed by atoms with van der Waals surface area (Å²) in [7, 11) is -1.86. The normalized spacial score (nSPS) is 11.9. The summed E-state index contributed by atoms with van der Waals surface area (Å²) in [5, 5.41) is 11.0. The van der Waals surface area contributed by atoms with Crippen molar-refractivity contribution in [3.63, 3.8) is 0 Å². The van der Waals surface area contributed by atoms with Crippen molar-refractivity contribution in [3.05, 3.63) is 23.8 Å². The zero-order valence-corrected chi connectivity index (χ0v) is 16.6. The van der Waals surface area contributed by atoms with Crippen molar-refractivity contribution in [3.8, 4) is 11.5 Å². The van der Waals surface area contributed by atoms with Crippen molar-refractivity contribution >= 4 is 16.0 Å². The van der Waals surface area contributed by atoms with Gasteiger partial charge in [-0.15, -0.1) is 0 Å². The number of hydrogen-bond donors (Lipinski definition) is 3. The third-order valence-corrected chi connectivity index (χ3v) is 4.22. The van der Waals surface area contributed by atoms with E-state index in [0.29, 0.717) is 25.7 Å². The maximum Gasteiger partial charge on any atom is 0.210 e. The average molecular weight is 387 g/mol. The molecular weight excluding hydrogens is 356 g/mol. The number of nitrogens with one attached hydrogen (secondary N) is 2. The van der Waals surface area contributed by atoms with Crippen LogP contribution in [0.3, 0.4) is 0 Å². The van der Waals surface area contributed by atoms with Crippen molar-refractivity contribution in [2.24, 2.45) is 10.1 Å². The van der Waals surface area contributed by atoms with Gasteiger partial charge in [-0.05, 0) is 44.4 Å². The van der Waals surface area contributed by atoms with Crippen LogP contribution in [0.15, 0.2) is 23.2 Å². The van der Waals surface area contributed by atoms with Crippen LogP contribution in [-0.2, 0) is 16.4 Å². The van der Waals surface area contributed by atoms with Crippen LogP contribution in [0.4, 0.5) is 0 Å². The van der Waals surface area contributed by atoms with Gasteiger partial charge in [-0.3, -0.25) is 4.99 Å². The first-order valence-electron chi connectivity index (χ1n) is 8.72. The number of rotatable bonds is 11. The minimum absolute atomic E-state index is 0.135. The van der Waals surface area contributed by atoms with Gasteiger partial charge in [0.1, 0.15) is 0 Å². The molecule has 26 heavy (non-hydrogen) atoms. The molecule has 8 nitrogen and oxygen atoms in total. The van der Waals surface area contributed by atoms with Gasteiger partial charge >= 0.3 is 0 Å². The molecule has 0 aromatic heterocycles. The van der Waals surface area contributed by atoms with Gasteiger partial charge in [0.15, 0.2) is 17.5 Å². The van der Waals surface area contributed by atoms with Crippen LogP contribution in [0.5, 0.6) is 11.5 Å². The predicted molar refractivity (Wildman–Crippen MR) is 104 cm³/mol. The van der Waals surface area contributed by atoms with Crippen LogP contribution in [0, 0.1) is 0 Å². The number of aliphatic imine (C=N–C) groups is 1. The van der Waals surface area contributed by atoms with E-state index in [0.717, 1.165) is 29.9 Å². The number of benzene rings is 1. The van der Waals surface area contributed by atoms with E-state index in [-0.39, 0.29) is 12.3 Å². The summed E-state index contributed by atoms with van der Waals surface area (Å²) in [5.74, 6) is 1.92. The molecule has 1 aromatic carbocycles. The third-order valence-electron chi connectivity index (χ3n) is 3.44. The lowest BCUT2D eigenvalue weighted by atomic mass is 10.1. The Balaban J connectivity index is 2.53. The minimum Gasteiger partial charge on any atom is -0.493 e. The Hall–Kier alpha value is -2.00. The number of nitrogens with two attached hydrogens (primary N) is 1. The van der Waals surface area contributed by atoms with E-state index in [9.17, 15) is 8.42 Å². The summed E-state index contributed by atoms with van der Waals surface area (Å²) < 4.78 is 32.8. The lowest BCUT2D eigenvalue weighted by Gasteiger charge is -2.12. The standard InChI is InChI=1S/C17H30N4O4S/c1-4-19-17(21-11-12-26(18,22)23)20-10-6-7-14-8-9-15(24-3)16(13-14)25-5-2/h8-9,13H,4-7,10-12H2,1-3H3,(H2,18,22,23)(H2,19,20,21). The Labute approximate surface area is 156 Å². The average Bonchev–Trinajstić information content (AvgIpc) is 2.58. The molecule has 148 valence electrons. The number of guanidine groups is 1. The van der Waals surface area contributed by atoms with Crippen molar-refractivity contribution in [2.75, 3.05) is 39.1 Å². The Kier molecular flexibility index (Phi) is 9.82. The van der Waals surface area contributed by atoms with Crippen LogP contribution < -0.4 is 25.2 Å². The SMILES string of the molecule is CCNC(=NCCCc1ccc(OC)c(OCC)c1)NCCS(N)(=O)=O. The van der Waals surface area contributed by atoms with E-state index in [4.69, 9.17) is 14.6 Å². The molecule has 1 aromatic rings. The summed E-state index contributed by atoms with van der Waals surface area (Å²) in [6, 6.07) is 5.91. The molecule has 0 aliphatic rings. The van der Waals surface area contributed by atoms with Crippen molar-refractivity contribution < 1.29 is 17.9 Å². The van der Waals surface area contributed by atoms with Gasteiger partial charge in [-0.1, -0.05) is 6.07 Å². The largest absolute Gasteiger partial charge is 0.493 e. The Morgan fingerprint density at radius 2 is 2.00 bits per heavy atom. The summed E-state index contributed by atoms with van der Waals surface area (Å²) in [6.45, 7) is 5.99. The fraction of sp³-hybridized carbons (Fsp3) is 0.588. The Bertz CT molecular complexity index is 677. The van der Waals surface area contributed by atoms with E-state index in [1.54, 1.807) is 7.11 Å². The highest BCUT2D eigenvalue weighted by molar-refractivity contribution is 7.89. The monoisotopic (exact) mass is 386 g/mol. The Morgan fingerprint density at radius 3 is 2.62 bits per heavy atom. The maximum atomic E-state index is 11.0. The number of methoxy groups -OCH3 is 1. The maximum absolute atomic E-state index is 11.0. The molecule has 0 aliphatic heterocycles. The lowest BCUT2D eigenvalue weighted by molar-refractivity contribution is 0.310. The number of ether oxygens (including phenoxy) is 2. The highest BCUT2D eigenvalue weighted by atomic mass is 32.2. The van der Waals surface area contributed by atoms with Crippen LogP contribution in [0.2, 0.25) is 0 Å². The molecule has 0 saturated carbocycles. The molecule has 0 radical (unpaired) electrons. The second-order valence-corrected chi connectivity index (χ2v) is 7.31. The molecule has 0 unspecified atom stereocenters. The molecule has 0 bridgehead atoms. The molecule has 0 aliphatic carbocycles. The van der Waals surface area contributed by atoms with Gasteiger partial charge in [0, 0.05) is 19.6 Å². The quantitative estimate of drug-likeness (QED) is 0.295. The van der Waals surface area contributed by atoms with E-state index < -0.39 is 10.0 Å². The van der Waals surface area contributed by atoms with Gasteiger partial charge < -0.3 is 20.1 Å². The molecule has 1 rings (SSSR count). The van der Waals surface area contributed by atoms with E-state index in [1.807, 2.05) is 32.0 Å². The van der Waals surface area contributed by atoms with Crippen LogP contribution in [0.1, 0.15) is 25.8 Å².